The highest BCUT2D eigenvalue weighted by Gasteiger charge is 1.96. The van der Waals surface area contributed by atoms with Gasteiger partial charge in [-0.3, -0.25) is 4.57 Å². The van der Waals surface area contributed by atoms with Crippen LogP contribution in [0.4, 0.5) is 0 Å². The summed E-state index contributed by atoms with van der Waals surface area (Å²) < 4.78 is 16.0. The SMILES string of the molecule is CS[PH](=O)Oc1ccccc1. The number of hydrogen-bond donors (Lipinski definition) is 0. The molecule has 1 rings (SSSR count). The smallest absolute Gasteiger partial charge is 0.291 e. The first-order valence-electron chi connectivity index (χ1n) is 3.14. The quantitative estimate of drug-likeness (QED) is 0.682. The predicted octanol–water partition coefficient (Wildman–Crippen LogP) is 2.82. The summed E-state index contributed by atoms with van der Waals surface area (Å²) in [4.78, 5) is 0. The molecule has 0 bridgehead atoms. The Morgan fingerprint density at radius 1 is 1.36 bits per heavy atom. The van der Waals surface area contributed by atoms with E-state index in [4.69, 9.17) is 4.52 Å². The summed E-state index contributed by atoms with van der Waals surface area (Å²) in [5, 5.41) is 0. The van der Waals surface area contributed by atoms with Gasteiger partial charge in [0, 0.05) is 0 Å². The molecule has 1 unspecified atom stereocenters. The molecule has 0 aliphatic rings. The summed E-state index contributed by atoms with van der Waals surface area (Å²) in [5.41, 5.74) is 0. The predicted molar refractivity (Wildman–Crippen MR) is 49.6 cm³/mol. The highest BCUT2D eigenvalue weighted by molar-refractivity contribution is 8.50. The molecule has 0 aromatic heterocycles. The Hall–Kier alpha value is -0.400. The van der Waals surface area contributed by atoms with Crippen molar-refractivity contribution in [3.63, 3.8) is 0 Å². The van der Waals surface area contributed by atoms with E-state index in [0.717, 1.165) is 0 Å². The minimum atomic E-state index is -1.91. The molecule has 4 heteroatoms. The molecule has 0 radical (unpaired) electrons. The molecule has 1 atom stereocenters. The minimum Gasteiger partial charge on any atom is -0.438 e. The van der Waals surface area contributed by atoms with Crippen molar-refractivity contribution in [3.8, 4) is 5.75 Å². The summed E-state index contributed by atoms with van der Waals surface area (Å²) in [7, 11) is -1.91. The van der Waals surface area contributed by atoms with E-state index in [1.54, 1.807) is 18.4 Å². The number of rotatable bonds is 3. The van der Waals surface area contributed by atoms with Gasteiger partial charge in [0.2, 0.25) is 0 Å². The van der Waals surface area contributed by atoms with Crippen molar-refractivity contribution in [2.45, 2.75) is 0 Å². The fraction of sp³-hybridized carbons (Fsp3) is 0.143. The van der Waals surface area contributed by atoms with Crippen molar-refractivity contribution >= 4 is 18.6 Å². The van der Waals surface area contributed by atoms with E-state index in [2.05, 4.69) is 0 Å². The van der Waals surface area contributed by atoms with Gasteiger partial charge in [-0.25, -0.2) is 0 Å². The van der Waals surface area contributed by atoms with Crippen molar-refractivity contribution in [2.75, 3.05) is 6.26 Å². The molecule has 0 heterocycles. The minimum absolute atomic E-state index is 0.672. The van der Waals surface area contributed by atoms with Gasteiger partial charge in [0.15, 0.2) is 0 Å². The molecule has 0 spiro atoms. The van der Waals surface area contributed by atoms with Crippen molar-refractivity contribution in [2.24, 2.45) is 0 Å². The van der Waals surface area contributed by atoms with Gasteiger partial charge < -0.3 is 4.52 Å². The van der Waals surface area contributed by atoms with Gasteiger partial charge in [0.05, 0.1) is 0 Å². The topological polar surface area (TPSA) is 26.3 Å². The second-order valence-corrected chi connectivity index (χ2v) is 5.21. The monoisotopic (exact) mass is 188 g/mol. The summed E-state index contributed by atoms with van der Waals surface area (Å²) in [5.74, 6) is 0.672. The Bertz CT molecular complexity index is 237. The fourth-order valence-corrected chi connectivity index (χ4v) is 1.58. The highest BCUT2D eigenvalue weighted by Crippen LogP contribution is 2.36. The summed E-state index contributed by atoms with van der Waals surface area (Å²) in [6, 6.07) is 9.18. The lowest BCUT2D eigenvalue weighted by molar-refractivity contribution is 0.520. The Morgan fingerprint density at radius 2 is 2.00 bits per heavy atom. The number of hydrogen-bond acceptors (Lipinski definition) is 3. The third-order valence-electron chi connectivity index (χ3n) is 1.11. The van der Waals surface area contributed by atoms with Crippen LogP contribution in [0.25, 0.3) is 0 Å². The van der Waals surface area contributed by atoms with Crippen LogP contribution in [0.1, 0.15) is 0 Å². The molecule has 0 N–H and O–H groups in total. The van der Waals surface area contributed by atoms with Crippen LogP contribution >= 0.6 is 18.6 Å². The first-order valence-corrected chi connectivity index (χ1v) is 6.40. The Balaban J connectivity index is 2.58. The highest BCUT2D eigenvalue weighted by atomic mass is 32.7. The molecular weight excluding hydrogens is 179 g/mol. The lowest BCUT2D eigenvalue weighted by Gasteiger charge is -2.01. The van der Waals surface area contributed by atoms with Gasteiger partial charge in [0.25, 0.3) is 7.23 Å². The van der Waals surface area contributed by atoms with Gasteiger partial charge in [-0.2, -0.15) is 0 Å². The van der Waals surface area contributed by atoms with Gasteiger partial charge >= 0.3 is 0 Å². The maximum atomic E-state index is 10.9. The molecule has 0 aliphatic heterocycles. The van der Waals surface area contributed by atoms with E-state index in [1.807, 2.05) is 18.2 Å². The molecule has 0 aliphatic carbocycles. The summed E-state index contributed by atoms with van der Waals surface area (Å²) >= 11 is 1.24. The molecule has 0 amide bonds. The van der Waals surface area contributed by atoms with E-state index in [1.165, 1.54) is 11.4 Å². The maximum absolute atomic E-state index is 10.9. The second-order valence-electron chi connectivity index (χ2n) is 1.87. The zero-order chi connectivity index (χ0) is 8.10. The average molecular weight is 188 g/mol. The largest absolute Gasteiger partial charge is 0.438 e. The Kier molecular flexibility index (Phi) is 3.53. The van der Waals surface area contributed by atoms with Crippen LogP contribution in [-0.2, 0) is 4.57 Å². The van der Waals surface area contributed by atoms with Crippen molar-refractivity contribution in [1.82, 2.24) is 0 Å². The molecular formula is C7H9O2PS. The van der Waals surface area contributed by atoms with Crippen LogP contribution < -0.4 is 4.52 Å². The van der Waals surface area contributed by atoms with Gasteiger partial charge in [-0.05, 0) is 18.4 Å². The number of benzene rings is 1. The van der Waals surface area contributed by atoms with Gasteiger partial charge in [0.1, 0.15) is 5.75 Å². The van der Waals surface area contributed by atoms with Crippen molar-refractivity contribution in [1.29, 1.82) is 0 Å². The Labute approximate surface area is 70.6 Å². The molecule has 0 fully saturated rings. The van der Waals surface area contributed by atoms with Crippen LogP contribution in [0, 0.1) is 0 Å². The molecule has 1 aromatic carbocycles. The van der Waals surface area contributed by atoms with Crippen LogP contribution in [0.3, 0.4) is 0 Å². The summed E-state index contributed by atoms with van der Waals surface area (Å²) in [6.45, 7) is 0. The van der Waals surface area contributed by atoms with E-state index in [0.29, 0.717) is 5.75 Å². The van der Waals surface area contributed by atoms with Crippen molar-refractivity contribution < 1.29 is 9.09 Å². The molecule has 0 saturated carbocycles. The van der Waals surface area contributed by atoms with E-state index < -0.39 is 7.23 Å². The standard InChI is InChI=1S/C7H9O2PS/c1-11-10(8)9-7-5-3-2-4-6-7/h2-6,10H,1H3. The number of para-hydroxylation sites is 1. The maximum Gasteiger partial charge on any atom is 0.291 e. The van der Waals surface area contributed by atoms with Gasteiger partial charge in [-0.1, -0.05) is 29.6 Å². The van der Waals surface area contributed by atoms with Crippen LogP contribution in [0.5, 0.6) is 5.75 Å². The van der Waals surface area contributed by atoms with Gasteiger partial charge in [-0.15, -0.1) is 0 Å². The molecule has 0 saturated heterocycles. The molecule has 60 valence electrons. The molecule has 11 heavy (non-hydrogen) atoms. The third-order valence-corrected chi connectivity index (χ3v) is 3.10. The van der Waals surface area contributed by atoms with E-state index in [-0.39, 0.29) is 0 Å². The van der Waals surface area contributed by atoms with Crippen LogP contribution in [0.2, 0.25) is 0 Å². The average Bonchev–Trinajstić information content (AvgIpc) is 2.06. The lowest BCUT2D eigenvalue weighted by Crippen LogP contribution is -1.75. The summed E-state index contributed by atoms with van der Waals surface area (Å²) in [6.07, 6.45) is 1.77. The lowest BCUT2D eigenvalue weighted by atomic mass is 10.3. The Morgan fingerprint density at radius 3 is 2.55 bits per heavy atom. The van der Waals surface area contributed by atoms with Crippen LogP contribution in [0.15, 0.2) is 30.3 Å². The molecule has 1 aromatic rings. The third kappa shape index (κ3) is 3.00. The van der Waals surface area contributed by atoms with Crippen molar-refractivity contribution in [3.05, 3.63) is 30.3 Å². The van der Waals surface area contributed by atoms with Crippen LogP contribution in [-0.4, -0.2) is 6.26 Å². The zero-order valence-electron chi connectivity index (χ0n) is 6.11. The first-order chi connectivity index (χ1) is 5.33. The second kappa shape index (κ2) is 4.47. The normalized spacial score (nSPS) is 12.5. The zero-order valence-corrected chi connectivity index (χ0v) is 7.93. The molecule has 2 nitrogen and oxygen atoms in total. The van der Waals surface area contributed by atoms with E-state index in [9.17, 15) is 4.57 Å². The fourth-order valence-electron chi connectivity index (χ4n) is 0.626. The van der Waals surface area contributed by atoms with E-state index >= 15 is 0 Å². The first kappa shape index (κ1) is 8.69.